The van der Waals surface area contributed by atoms with Gasteiger partial charge in [-0.15, -0.1) is 0 Å². The number of piperidine rings is 2. The maximum absolute atomic E-state index is 11.6. The number of ether oxygens (including phenoxy) is 1. The number of likely N-dealkylation sites (tertiary alicyclic amines) is 2. The molecule has 3 rings (SSSR count). The molecule has 4 nitrogen and oxygen atoms in total. The second kappa shape index (κ2) is 6.55. The van der Waals surface area contributed by atoms with Crippen LogP contribution >= 0.6 is 0 Å². The summed E-state index contributed by atoms with van der Waals surface area (Å²) < 4.78 is 4.84. The fourth-order valence-corrected chi connectivity index (χ4v) is 4.66. The average molecular weight is 294 g/mol. The van der Waals surface area contributed by atoms with E-state index in [2.05, 4.69) is 4.90 Å². The SMILES string of the molecule is COC(=O)N1CCC2(CCC(N3CCCCC3)CC2)CC1. The largest absolute Gasteiger partial charge is 0.453 e. The molecule has 4 heteroatoms. The van der Waals surface area contributed by atoms with Gasteiger partial charge in [-0.05, 0) is 69.9 Å². The molecular formula is C17H30N2O2. The summed E-state index contributed by atoms with van der Waals surface area (Å²) in [6.45, 7) is 4.43. The minimum atomic E-state index is -0.146. The molecule has 0 aromatic carbocycles. The summed E-state index contributed by atoms with van der Waals surface area (Å²) in [5.74, 6) is 0. The lowest BCUT2D eigenvalue weighted by molar-refractivity contribution is 0.0263. The first-order valence-electron chi connectivity index (χ1n) is 8.79. The topological polar surface area (TPSA) is 32.8 Å². The van der Waals surface area contributed by atoms with Crippen LogP contribution < -0.4 is 0 Å². The molecule has 1 aliphatic carbocycles. The van der Waals surface area contributed by atoms with Crippen molar-refractivity contribution in [2.24, 2.45) is 5.41 Å². The van der Waals surface area contributed by atoms with E-state index in [0.717, 1.165) is 19.1 Å². The van der Waals surface area contributed by atoms with Crippen molar-refractivity contribution in [2.45, 2.75) is 63.8 Å². The Morgan fingerprint density at radius 2 is 1.57 bits per heavy atom. The summed E-state index contributed by atoms with van der Waals surface area (Å²) in [5, 5.41) is 0. The van der Waals surface area contributed by atoms with E-state index in [1.54, 1.807) is 0 Å². The third-order valence-corrected chi connectivity index (χ3v) is 6.18. The second-order valence-corrected chi connectivity index (χ2v) is 7.28. The van der Waals surface area contributed by atoms with E-state index in [-0.39, 0.29) is 6.09 Å². The zero-order valence-electron chi connectivity index (χ0n) is 13.5. The van der Waals surface area contributed by atoms with Crippen LogP contribution in [0.2, 0.25) is 0 Å². The van der Waals surface area contributed by atoms with Gasteiger partial charge >= 0.3 is 6.09 Å². The summed E-state index contributed by atoms with van der Waals surface area (Å²) in [5.41, 5.74) is 0.525. The average Bonchev–Trinajstić information content (AvgIpc) is 2.56. The highest BCUT2D eigenvalue weighted by molar-refractivity contribution is 5.67. The maximum atomic E-state index is 11.6. The fraction of sp³-hybridized carbons (Fsp3) is 0.941. The predicted octanol–water partition coefficient (Wildman–Crippen LogP) is 3.26. The molecule has 2 saturated heterocycles. The number of hydrogen-bond donors (Lipinski definition) is 0. The molecule has 0 atom stereocenters. The van der Waals surface area contributed by atoms with Crippen molar-refractivity contribution in [1.29, 1.82) is 0 Å². The van der Waals surface area contributed by atoms with Crippen molar-refractivity contribution < 1.29 is 9.53 Å². The number of hydrogen-bond acceptors (Lipinski definition) is 3. The third kappa shape index (κ3) is 3.36. The van der Waals surface area contributed by atoms with Crippen LogP contribution in [0, 0.1) is 5.41 Å². The van der Waals surface area contributed by atoms with E-state index in [4.69, 9.17) is 4.74 Å². The van der Waals surface area contributed by atoms with Crippen molar-refractivity contribution in [3.8, 4) is 0 Å². The van der Waals surface area contributed by atoms with Gasteiger partial charge in [0.25, 0.3) is 0 Å². The molecule has 2 aliphatic heterocycles. The highest BCUT2D eigenvalue weighted by atomic mass is 16.5. The zero-order chi connectivity index (χ0) is 14.7. The first-order valence-corrected chi connectivity index (χ1v) is 8.79. The van der Waals surface area contributed by atoms with Crippen molar-refractivity contribution in [1.82, 2.24) is 9.80 Å². The van der Waals surface area contributed by atoms with E-state index >= 15 is 0 Å². The smallest absolute Gasteiger partial charge is 0.409 e. The Balaban J connectivity index is 1.48. The van der Waals surface area contributed by atoms with Gasteiger partial charge in [0, 0.05) is 19.1 Å². The number of nitrogens with zero attached hydrogens (tertiary/aromatic N) is 2. The van der Waals surface area contributed by atoms with Gasteiger partial charge in [0.15, 0.2) is 0 Å². The molecule has 1 spiro atoms. The van der Waals surface area contributed by atoms with Crippen LogP contribution in [0.1, 0.15) is 57.8 Å². The monoisotopic (exact) mass is 294 g/mol. The number of methoxy groups -OCH3 is 1. The van der Waals surface area contributed by atoms with Crippen LogP contribution in [0.5, 0.6) is 0 Å². The van der Waals surface area contributed by atoms with Crippen LogP contribution in [0.3, 0.4) is 0 Å². The summed E-state index contributed by atoms with van der Waals surface area (Å²) in [6.07, 6.45) is 11.9. The van der Waals surface area contributed by atoms with E-state index in [1.165, 1.54) is 78.0 Å². The summed E-state index contributed by atoms with van der Waals surface area (Å²) in [7, 11) is 1.48. The van der Waals surface area contributed by atoms with E-state index < -0.39 is 0 Å². The quantitative estimate of drug-likeness (QED) is 0.744. The molecule has 120 valence electrons. The van der Waals surface area contributed by atoms with Crippen LogP contribution in [0.15, 0.2) is 0 Å². The Hall–Kier alpha value is -0.770. The molecule has 0 unspecified atom stereocenters. The molecule has 1 amide bonds. The molecule has 1 saturated carbocycles. The minimum absolute atomic E-state index is 0.146. The lowest BCUT2D eigenvalue weighted by Crippen LogP contribution is -2.48. The maximum Gasteiger partial charge on any atom is 0.409 e. The predicted molar refractivity (Wildman–Crippen MR) is 83.3 cm³/mol. The van der Waals surface area contributed by atoms with Crippen molar-refractivity contribution >= 4 is 6.09 Å². The van der Waals surface area contributed by atoms with Crippen LogP contribution in [0.4, 0.5) is 4.79 Å². The lowest BCUT2D eigenvalue weighted by Gasteiger charge is -2.48. The zero-order valence-corrected chi connectivity index (χ0v) is 13.5. The standard InChI is InChI=1S/C17H30N2O2/c1-21-16(20)19-13-9-17(10-14-19)7-5-15(6-8-17)18-11-3-2-4-12-18/h15H,2-14H2,1H3. The highest BCUT2D eigenvalue weighted by Gasteiger charge is 2.40. The van der Waals surface area contributed by atoms with Crippen LogP contribution in [-0.2, 0) is 4.74 Å². The van der Waals surface area contributed by atoms with Gasteiger partial charge in [-0.25, -0.2) is 4.79 Å². The van der Waals surface area contributed by atoms with E-state index in [9.17, 15) is 4.79 Å². The summed E-state index contributed by atoms with van der Waals surface area (Å²) in [6, 6.07) is 0.842. The Morgan fingerprint density at radius 1 is 0.952 bits per heavy atom. The molecule has 21 heavy (non-hydrogen) atoms. The van der Waals surface area contributed by atoms with Gasteiger partial charge in [0.2, 0.25) is 0 Å². The Bertz CT molecular complexity index is 348. The molecule has 2 heterocycles. The fourth-order valence-electron chi connectivity index (χ4n) is 4.66. The van der Waals surface area contributed by atoms with Gasteiger partial charge in [-0.1, -0.05) is 6.42 Å². The molecular weight excluding hydrogens is 264 g/mol. The normalized spacial score (nSPS) is 27.8. The lowest BCUT2D eigenvalue weighted by atomic mass is 9.66. The van der Waals surface area contributed by atoms with Gasteiger partial charge in [0.05, 0.1) is 7.11 Å². The summed E-state index contributed by atoms with van der Waals surface area (Å²) >= 11 is 0. The molecule has 0 aromatic rings. The molecule has 3 fully saturated rings. The molecule has 3 aliphatic rings. The molecule has 0 N–H and O–H groups in total. The Morgan fingerprint density at radius 3 is 2.14 bits per heavy atom. The second-order valence-electron chi connectivity index (χ2n) is 7.28. The number of carbonyl (C=O) groups excluding carboxylic acids is 1. The number of rotatable bonds is 1. The number of carbonyl (C=O) groups is 1. The molecule has 0 bridgehead atoms. The number of amides is 1. The van der Waals surface area contributed by atoms with Crippen LogP contribution in [-0.4, -0.2) is 55.2 Å². The first-order chi connectivity index (χ1) is 10.2. The van der Waals surface area contributed by atoms with E-state index in [0.29, 0.717) is 5.41 Å². The van der Waals surface area contributed by atoms with Crippen molar-refractivity contribution in [3.05, 3.63) is 0 Å². The Labute approximate surface area is 128 Å². The molecule has 0 radical (unpaired) electrons. The minimum Gasteiger partial charge on any atom is -0.453 e. The Kier molecular flexibility index (Phi) is 4.72. The summed E-state index contributed by atoms with van der Waals surface area (Å²) in [4.78, 5) is 16.2. The van der Waals surface area contributed by atoms with Gasteiger partial charge in [-0.3, -0.25) is 0 Å². The van der Waals surface area contributed by atoms with Crippen LogP contribution in [0.25, 0.3) is 0 Å². The molecule has 0 aromatic heterocycles. The van der Waals surface area contributed by atoms with Crippen molar-refractivity contribution in [2.75, 3.05) is 33.3 Å². The van der Waals surface area contributed by atoms with Gasteiger partial charge in [0.1, 0.15) is 0 Å². The first kappa shape index (κ1) is 15.1. The van der Waals surface area contributed by atoms with Crippen molar-refractivity contribution in [3.63, 3.8) is 0 Å². The van der Waals surface area contributed by atoms with Gasteiger partial charge in [-0.2, -0.15) is 0 Å². The van der Waals surface area contributed by atoms with Gasteiger partial charge < -0.3 is 14.5 Å². The highest BCUT2D eigenvalue weighted by Crippen LogP contribution is 2.45. The van der Waals surface area contributed by atoms with E-state index in [1.807, 2.05) is 4.90 Å². The third-order valence-electron chi connectivity index (χ3n) is 6.18.